The number of nitrogens with two attached hydrogens (primary N) is 1. The van der Waals surface area contributed by atoms with E-state index in [0.29, 0.717) is 5.92 Å². The van der Waals surface area contributed by atoms with E-state index in [1.54, 1.807) is 11.8 Å². The van der Waals surface area contributed by atoms with E-state index in [9.17, 15) is 0 Å². The molecular weight excluding hydrogens is 328 g/mol. The monoisotopic (exact) mass is 360 g/mol. The Hall–Kier alpha value is -1.33. The van der Waals surface area contributed by atoms with Crippen molar-refractivity contribution >= 4 is 11.8 Å². The fraction of sp³-hybridized carbons (Fsp3) is 0.600. The molecule has 1 atom stereocenters. The van der Waals surface area contributed by atoms with E-state index in [-0.39, 0.29) is 11.5 Å². The molecule has 0 amide bonds. The van der Waals surface area contributed by atoms with Crippen LogP contribution in [0.4, 0.5) is 0 Å². The number of aromatic nitrogens is 3. The molecule has 0 unspecified atom stereocenters. The average molecular weight is 361 g/mol. The number of benzene rings is 1. The van der Waals surface area contributed by atoms with Crippen LogP contribution < -0.4 is 5.73 Å². The normalized spacial score (nSPS) is 13.4. The summed E-state index contributed by atoms with van der Waals surface area (Å²) in [5, 5.41) is 9.70. The average Bonchev–Trinajstić information content (AvgIpc) is 2.94. The summed E-state index contributed by atoms with van der Waals surface area (Å²) in [5.74, 6) is 2.35. The first-order valence-corrected chi connectivity index (χ1v) is 10.1. The Kier molecular flexibility index (Phi) is 6.69. The molecule has 138 valence electrons. The van der Waals surface area contributed by atoms with Gasteiger partial charge in [0.2, 0.25) is 0 Å². The summed E-state index contributed by atoms with van der Waals surface area (Å²) < 4.78 is 2.15. The Morgan fingerprint density at radius 3 is 2.28 bits per heavy atom. The lowest BCUT2D eigenvalue weighted by Crippen LogP contribution is -2.18. The molecule has 0 saturated carbocycles. The standard InChI is InChI=1S/C20H32N4S/c1-7-24-18(17(21)12-14(2)3)22-23-19(24)25-13-15-8-10-16(11-9-15)20(4,5)6/h8-11,14,17H,7,12-13,21H2,1-6H3/t17-/m0/s1. The maximum Gasteiger partial charge on any atom is 0.191 e. The summed E-state index contributed by atoms with van der Waals surface area (Å²) in [4.78, 5) is 0. The van der Waals surface area contributed by atoms with E-state index < -0.39 is 0 Å². The third-order valence-electron chi connectivity index (χ3n) is 4.31. The van der Waals surface area contributed by atoms with Crippen molar-refractivity contribution in [3.05, 3.63) is 41.2 Å². The topological polar surface area (TPSA) is 56.7 Å². The first kappa shape index (κ1) is 20.0. The molecule has 0 aliphatic carbocycles. The van der Waals surface area contributed by atoms with Gasteiger partial charge in [0.05, 0.1) is 6.04 Å². The van der Waals surface area contributed by atoms with Crippen molar-refractivity contribution in [2.45, 2.75) is 76.9 Å². The number of nitrogens with zero attached hydrogens (tertiary/aromatic N) is 3. The highest BCUT2D eigenvalue weighted by Gasteiger charge is 2.19. The summed E-state index contributed by atoms with van der Waals surface area (Å²) in [6, 6.07) is 8.83. The molecule has 1 heterocycles. The van der Waals surface area contributed by atoms with Gasteiger partial charge < -0.3 is 10.3 Å². The number of rotatable bonds is 7. The zero-order chi connectivity index (χ0) is 18.6. The lowest BCUT2D eigenvalue weighted by Gasteiger charge is -2.19. The molecule has 5 heteroatoms. The van der Waals surface area contributed by atoms with Gasteiger partial charge in [-0.3, -0.25) is 0 Å². The Bertz CT molecular complexity index is 668. The summed E-state index contributed by atoms with van der Waals surface area (Å²) in [6.07, 6.45) is 0.928. The second-order valence-corrected chi connectivity index (χ2v) is 9.00. The fourth-order valence-corrected chi connectivity index (χ4v) is 3.81. The van der Waals surface area contributed by atoms with E-state index in [2.05, 4.69) is 80.6 Å². The second-order valence-electron chi connectivity index (χ2n) is 8.06. The highest BCUT2D eigenvalue weighted by molar-refractivity contribution is 7.98. The van der Waals surface area contributed by atoms with Crippen LogP contribution in [0.3, 0.4) is 0 Å². The van der Waals surface area contributed by atoms with Crippen molar-refractivity contribution in [1.82, 2.24) is 14.8 Å². The number of hydrogen-bond acceptors (Lipinski definition) is 4. The molecule has 0 bridgehead atoms. The van der Waals surface area contributed by atoms with E-state index in [1.807, 2.05) is 0 Å². The van der Waals surface area contributed by atoms with Crippen LogP contribution in [-0.4, -0.2) is 14.8 Å². The summed E-state index contributed by atoms with van der Waals surface area (Å²) in [7, 11) is 0. The second kappa shape index (κ2) is 8.37. The van der Waals surface area contributed by atoms with Gasteiger partial charge in [0.1, 0.15) is 0 Å². The highest BCUT2D eigenvalue weighted by atomic mass is 32.2. The van der Waals surface area contributed by atoms with Gasteiger partial charge in [0, 0.05) is 12.3 Å². The van der Waals surface area contributed by atoms with Crippen LogP contribution in [0.5, 0.6) is 0 Å². The molecule has 2 aromatic rings. The zero-order valence-electron chi connectivity index (χ0n) is 16.4. The van der Waals surface area contributed by atoms with E-state index in [1.165, 1.54) is 11.1 Å². The van der Waals surface area contributed by atoms with Gasteiger partial charge in [-0.25, -0.2) is 0 Å². The molecule has 0 fully saturated rings. The van der Waals surface area contributed by atoms with E-state index in [0.717, 1.165) is 29.7 Å². The smallest absolute Gasteiger partial charge is 0.191 e. The van der Waals surface area contributed by atoms with Crippen LogP contribution in [0, 0.1) is 5.92 Å². The molecule has 1 aromatic heterocycles. The predicted octanol–water partition coefficient (Wildman–Crippen LogP) is 4.93. The van der Waals surface area contributed by atoms with Gasteiger partial charge in [-0.2, -0.15) is 0 Å². The Morgan fingerprint density at radius 1 is 1.12 bits per heavy atom. The van der Waals surface area contributed by atoms with Crippen LogP contribution in [0.15, 0.2) is 29.4 Å². The lowest BCUT2D eigenvalue weighted by molar-refractivity contribution is 0.471. The van der Waals surface area contributed by atoms with Gasteiger partial charge in [-0.15, -0.1) is 10.2 Å². The van der Waals surface area contributed by atoms with Crippen molar-refractivity contribution < 1.29 is 0 Å². The molecular formula is C20H32N4S. The van der Waals surface area contributed by atoms with Crippen LogP contribution >= 0.6 is 11.8 Å². The zero-order valence-corrected chi connectivity index (χ0v) is 17.2. The van der Waals surface area contributed by atoms with E-state index >= 15 is 0 Å². The molecule has 2 N–H and O–H groups in total. The minimum atomic E-state index is -0.0483. The quantitative estimate of drug-likeness (QED) is 0.711. The summed E-state index contributed by atoms with van der Waals surface area (Å²) in [5.41, 5.74) is 9.17. The molecule has 0 saturated heterocycles. The summed E-state index contributed by atoms with van der Waals surface area (Å²) >= 11 is 1.73. The molecule has 0 spiro atoms. The minimum Gasteiger partial charge on any atom is -0.321 e. The highest BCUT2D eigenvalue weighted by Crippen LogP contribution is 2.27. The Morgan fingerprint density at radius 2 is 1.76 bits per heavy atom. The van der Waals surface area contributed by atoms with Crippen LogP contribution in [-0.2, 0) is 17.7 Å². The minimum absolute atomic E-state index is 0.0483. The molecule has 2 rings (SSSR count). The van der Waals surface area contributed by atoms with Gasteiger partial charge in [0.15, 0.2) is 11.0 Å². The number of thioether (sulfide) groups is 1. The molecule has 25 heavy (non-hydrogen) atoms. The van der Waals surface area contributed by atoms with Gasteiger partial charge in [0.25, 0.3) is 0 Å². The maximum absolute atomic E-state index is 6.32. The third kappa shape index (κ3) is 5.32. The van der Waals surface area contributed by atoms with Gasteiger partial charge in [-0.05, 0) is 35.8 Å². The first-order valence-electron chi connectivity index (χ1n) is 9.13. The van der Waals surface area contributed by atoms with Gasteiger partial charge >= 0.3 is 0 Å². The van der Waals surface area contributed by atoms with Crippen LogP contribution in [0.2, 0.25) is 0 Å². The molecule has 4 nitrogen and oxygen atoms in total. The van der Waals surface area contributed by atoms with Crippen molar-refractivity contribution in [3.8, 4) is 0 Å². The summed E-state index contributed by atoms with van der Waals surface area (Å²) in [6.45, 7) is 14.1. The van der Waals surface area contributed by atoms with Crippen molar-refractivity contribution in [2.75, 3.05) is 0 Å². The van der Waals surface area contributed by atoms with Crippen molar-refractivity contribution in [2.24, 2.45) is 11.7 Å². The van der Waals surface area contributed by atoms with Crippen LogP contribution in [0.25, 0.3) is 0 Å². The predicted molar refractivity (Wildman–Crippen MR) is 107 cm³/mol. The first-order chi connectivity index (χ1) is 11.7. The lowest BCUT2D eigenvalue weighted by atomic mass is 9.87. The molecule has 1 aromatic carbocycles. The van der Waals surface area contributed by atoms with Crippen molar-refractivity contribution in [3.63, 3.8) is 0 Å². The SMILES string of the molecule is CCn1c(SCc2ccc(C(C)(C)C)cc2)nnc1[C@@H](N)CC(C)C. The number of hydrogen-bond donors (Lipinski definition) is 1. The molecule has 0 radical (unpaired) electrons. The van der Waals surface area contributed by atoms with Crippen molar-refractivity contribution in [1.29, 1.82) is 0 Å². The fourth-order valence-electron chi connectivity index (χ4n) is 2.84. The van der Waals surface area contributed by atoms with Crippen LogP contribution in [0.1, 0.15) is 71.0 Å². The third-order valence-corrected chi connectivity index (χ3v) is 5.34. The Labute approximate surface area is 156 Å². The molecule has 0 aliphatic heterocycles. The largest absolute Gasteiger partial charge is 0.321 e. The Balaban J connectivity index is 2.07. The van der Waals surface area contributed by atoms with E-state index in [4.69, 9.17) is 5.73 Å². The maximum atomic E-state index is 6.32. The molecule has 0 aliphatic rings. The van der Waals surface area contributed by atoms with Gasteiger partial charge in [-0.1, -0.05) is 70.6 Å².